The van der Waals surface area contributed by atoms with E-state index in [4.69, 9.17) is 9.47 Å². The molecule has 3 aromatic rings. The molecule has 0 saturated carbocycles. The number of aryl methyl sites for hydroxylation is 1. The van der Waals surface area contributed by atoms with Crippen LogP contribution >= 0.6 is 0 Å². The molecule has 4 atom stereocenters. The number of fused-ring (bicyclic) bond motifs is 1. The maximum atomic E-state index is 11.2. The summed E-state index contributed by atoms with van der Waals surface area (Å²) in [6.45, 7) is 5.55. The van der Waals surface area contributed by atoms with Crippen molar-refractivity contribution in [3.8, 4) is 16.9 Å². The normalized spacial score (nSPS) is 23.3. The summed E-state index contributed by atoms with van der Waals surface area (Å²) in [6.07, 6.45) is 1.36. The Morgan fingerprint density at radius 2 is 1.73 bits per heavy atom. The molecule has 0 radical (unpaired) electrons. The van der Waals surface area contributed by atoms with Gasteiger partial charge in [0.15, 0.2) is 6.35 Å². The van der Waals surface area contributed by atoms with Gasteiger partial charge in [0.25, 0.3) is 0 Å². The summed E-state index contributed by atoms with van der Waals surface area (Å²) in [6, 6.07) is 26.1. The van der Waals surface area contributed by atoms with Crippen molar-refractivity contribution in [2.75, 3.05) is 45.8 Å². The molecule has 1 unspecified atom stereocenters. The number of aliphatic hydroxyl groups excluding tert-OH is 1. The highest BCUT2D eigenvalue weighted by Gasteiger charge is 2.49. The first-order chi connectivity index (χ1) is 18.1. The predicted octanol–water partition coefficient (Wildman–Crippen LogP) is 4.94. The van der Waals surface area contributed by atoms with Gasteiger partial charge in [-0.05, 0) is 55.1 Å². The highest BCUT2D eigenvalue weighted by atomic mass is 16.5. The van der Waals surface area contributed by atoms with Crippen LogP contribution in [0.2, 0.25) is 0 Å². The first kappa shape index (κ1) is 25.7. The third kappa shape index (κ3) is 5.53. The summed E-state index contributed by atoms with van der Waals surface area (Å²) in [4.78, 5) is 4.75. The predicted molar refractivity (Wildman–Crippen MR) is 149 cm³/mol. The first-order valence-electron chi connectivity index (χ1n) is 13.3. The third-order valence-corrected chi connectivity index (χ3v) is 7.94. The molecule has 3 aromatic carbocycles. The molecule has 0 bridgehead atoms. The van der Waals surface area contributed by atoms with Gasteiger partial charge in [0.2, 0.25) is 0 Å². The Morgan fingerprint density at radius 1 is 0.946 bits per heavy atom. The van der Waals surface area contributed by atoms with E-state index < -0.39 is 6.35 Å². The van der Waals surface area contributed by atoms with Crippen LogP contribution in [0, 0.1) is 6.92 Å². The number of aliphatic hydroxyl groups is 1. The minimum atomic E-state index is -0.790. The fraction of sp³-hybridized carbons (Fsp3) is 0.419. The summed E-state index contributed by atoms with van der Waals surface area (Å²) in [5.74, 6) is 1.08. The number of methoxy groups -OCH3 is 2. The Hall–Kier alpha value is -2.90. The van der Waals surface area contributed by atoms with Gasteiger partial charge in [0, 0.05) is 38.2 Å². The number of hydrogen-bond acceptors (Lipinski definition) is 6. The van der Waals surface area contributed by atoms with Crippen LogP contribution in [0.4, 0.5) is 5.69 Å². The van der Waals surface area contributed by atoms with Crippen molar-refractivity contribution in [2.45, 2.75) is 44.1 Å². The van der Waals surface area contributed by atoms with E-state index in [0.717, 1.165) is 43.9 Å². The topological polar surface area (TPSA) is 57.2 Å². The zero-order valence-electron chi connectivity index (χ0n) is 22.1. The van der Waals surface area contributed by atoms with Crippen molar-refractivity contribution in [2.24, 2.45) is 0 Å². The van der Waals surface area contributed by atoms with Crippen LogP contribution in [-0.4, -0.2) is 73.8 Å². The SMILES string of the molecule is COC[C@@H]1[C@@H](c2ccc(-c3cccc(C)c3)cc2)[C@@H]2CN(C(O)Nc3ccccc3OC)CCCCN12. The van der Waals surface area contributed by atoms with Crippen molar-refractivity contribution in [3.63, 3.8) is 0 Å². The molecule has 2 saturated heterocycles. The maximum Gasteiger partial charge on any atom is 0.184 e. The van der Waals surface area contributed by atoms with E-state index >= 15 is 0 Å². The number of nitrogens with one attached hydrogen (secondary N) is 1. The Labute approximate surface area is 220 Å². The molecule has 2 aliphatic rings. The molecular weight excluding hydrogens is 462 g/mol. The molecule has 0 spiro atoms. The van der Waals surface area contributed by atoms with Crippen LogP contribution in [0.25, 0.3) is 11.1 Å². The lowest BCUT2D eigenvalue weighted by Gasteiger charge is -2.57. The zero-order valence-corrected chi connectivity index (χ0v) is 22.1. The third-order valence-electron chi connectivity index (χ3n) is 7.94. The van der Waals surface area contributed by atoms with Gasteiger partial charge in [-0.2, -0.15) is 0 Å². The van der Waals surface area contributed by atoms with Crippen LogP contribution < -0.4 is 10.1 Å². The monoisotopic (exact) mass is 501 g/mol. The van der Waals surface area contributed by atoms with Gasteiger partial charge in [-0.1, -0.05) is 66.2 Å². The standard InChI is InChI=1S/C31H39N3O3/c1-22-9-8-10-25(19-22)23-13-15-24(16-14-23)30-27-20-33(17-6-7-18-34(27)28(30)21-36-2)31(35)32-26-11-4-5-12-29(26)37-3/h4-5,8-16,19,27-28,30-32,35H,6-7,17-18,20-21H2,1-3H3/t27-,28+,30-,31?/m0/s1. The molecule has 2 aliphatic heterocycles. The van der Waals surface area contributed by atoms with Crippen LogP contribution in [0.3, 0.4) is 0 Å². The second-order valence-electron chi connectivity index (χ2n) is 10.3. The van der Waals surface area contributed by atoms with Crippen molar-refractivity contribution < 1.29 is 14.6 Å². The van der Waals surface area contributed by atoms with Crippen LogP contribution in [0.1, 0.15) is 29.9 Å². The van der Waals surface area contributed by atoms with E-state index in [0.29, 0.717) is 24.6 Å². The smallest absolute Gasteiger partial charge is 0.184 e. The molecule has 0 amide bonds. The van der Waals surface area contributed by atoms with Gasteiger partial charge in [0.05, 0.1) is 19.4 Å². The zero-order chi connectivity index (χ0) is 25.8. The van der Waals surface area contributed by atoms with Crippen LogP contribution in [-0.2, 0) is 4.74 Å². The summed E-state index contributed by atoms with van der Waals surface area (Å²) >= 11 is 0. The Kier molecular flexibility index (Phi) is 8.11. The van der Waals surface area contributed by atoms with E-state index in [1.807, 2.05) is 24.3 Å². The second-order valence-corrected chi connectivity index (χ2v) is 10.3. The van der Waals surface area contributed by atoms with Gasteiger partial charge < -0.3 is 19.9 Å². The Bertz CT molecular complexity index is 1170. The second kappa shape index (κ2) is 11.7. The largest absolute Gasteiger partial charge is 0.495 e. The molecule has 6 nitrogen and oxygen atoms in total. The van der Waals surface area contributed by atoms with Crippen molar-refractivity contribution in [1.82, 2.24) is 9.80 Å². The number of para-hydroxylation sites is 2. The van der Waals surface area contributed by atoms with E-state index in [9.17, 15) is 5.11 Å². The van der Waals surface area contributed by atoms with E-state index in [-0.39, 0.29) is 0 Å². The van der Waals surface area contributed by atoms with Gasteiger partial charge in [-0.25, -0.2) is 0 Å². The number of benzene rings is 3. The average molecular weight is 502 g/mol. The number of hydrogen-bond donors (Lipinski definition) is 2. The molecule has 2 fully saturated rings. The molecule has 37 heavy (non-hydrogen) atoms. The molecule has 2 heterocycles. The Morgan fingerprint density at radius 3 is 2.49 bits per heavy atom. The van der Waals surface area contributed by atoms with E-state index in [2.05, 4.69) is 70.6 Å². The highest BCUT2D eigenvalue weighted by molar-refractivity contribution is 5.64. The average Bonchev–Trinajstić information content (AvgIpc) is 2.90. The van der Waals surface area contributed by atoms with Gasteiger partial charge >= 0.3 is 0 Å². The van der Waals surface area contributed by atoms with Crippen LogP contribution in [0.5, 0.6) is 5.75 Å². The number of rotatable bonds is 8. The van der Waals surface area contributed by atoms with Crippen molar-refractivity contribution in [3.05, 3.63) is 83.9 Å². The molecular formula is C31H39N3O3. The lowest BCUT2D eigenvalue weighted by molar-refractivity contribution is -0.0925. The first-order valence-corrected chi connectivity index (χ1v) is 13.3. The van der Waals surface area contributed by atoms with Crippen molar-refractivity contribution in [1.29, 1.82) is 0 Å². The summed E-state index contributed by atoms with van der Waals surface area (Å²) in [7, 11) is 3.45. The number of anilines is 1. The molecule has 0 aliphatic carbocycles. The van der Waals surface area contributed by atoms with Crippen LogP contribution in [0.15, 0.2) is 72.8 Å². The fourth-order valence-corrected chi connectivity index (χ4v) is 6.06. The van der Waals surface area contributed by atoms with Crippen molar-refractivity contribution >= 4 is 5.69 Å². The lowest BCUT2D eigenvalue weighted by atomic mass is 9.74. The molecule has 6 heteroatoms. The molecule has 2 N–H and O–H groups in total. The Balaban J connectivity index is 1.36. The van der Waals surface area contributed by atoms with Gasteiger partial charge in [0.1, 0.15) is 5.75 Å². The van der Waals surface area contributed by atoms with Gasteiger partial charge in [-0.3, -0.25) is 9.80 Å². The maximum absolute atomic E-state index is 11.2. The number of nitrogens with zero attached hydrogens (tertiary/aromatic N) is 2. The van der Waals surface area contributed by atoms with E-state index in [1.165, 1.54) is 22.3 Å². The van der Waals surface area contributed by atoms with E-state index in [1.54, 1.807) is 14.2 Å². The molecule has 0 aromatic heterocycles. The fourth-order valence-electron chi connectivity index (χ4n) is 6.06. The number of ether oxygens (including phenoxy) is 2. The van der Waals surface area contributed by atoms with Gasteiger partial charge in [-0.15, -0.1) is 0 Å². The molecule has 5 rings (SSSR count). The quantitative estimate of drug-likeness (QED) is 0.427. The minimum absolute atomic E-state index is 0.319. The minimum Gasteiger partial charge on any atom is -0.495 e. The molecule has 196 valence electrons. The lowest BCUT2D eigenvalue weighted by Crippen LogP contribution is -2.68. The summed E-state index contributed by atoms with van der Waals surface area (Å²) in [5.41, 5.74) is 5.89. The highest BCUT2D eigenvalue weighted by Crippen LogP contribution is 2.43. The summed E-state index contributed by atoms with van der Waals surface area (Å²) in [5, 5.41) is 14.5. The summed E-state index contributed by atoms with van der Waals surface area (Å²) < 4.78 is 11.1.